The molecule has 4 nitrogen and oxygen atoms in total. The van der Waals surface area contributed by atoms with E-state index in [1.54, 1.807) is 11.3 Å². The number of nitrogens with one attached hydrogen (secondary N) is 1. The molecule has 0 fully saturated rings. The first-order valence-electron chi connectivity index (χ1n) is 4.87. The Morgan fingerprint density at radius 3 is 3.07 bits per heavy atom. The van der Waals surface area contributed by atoms with Crippen LogP contribution in [0.4, 0.5) is 5.13 Å². The summed E-state index contributed by atoms with van der Waals surface area (Å²) in [5, 5.41) is 14.7. The Kier molecular flexibility index (Phi) is 4.53. The average Bonchev–Trinajstić information content (AvgIpc) is 2.66. The highest BCUT2D eigenvalue weighted by atomic mass is 32.1. The van der Waals surface area contributed by atoms with Crippen molar-refractivity contribution in [3.8, 4) is 6.07 Å². The number of rotatable bonds is 5. The van der Waals surface area contributed by atoms with Gasteiger partial charge in [0, 0.05) is 25.0 Å². The molecule has 82 valence electrons. The number of nitriles is 1. The minimum atomic E-state index is 0.212. The van der Waals surface area contributed by atoms with E-state index in [0.29, 0.717) is 6.42 Å². The topological polar surface area (TPSA) is 52.0 Å². The summed E-state index contributed by atoms with van der Waals surface area (Å²) in [7, 11) is 3.88. The van der Waals surface area contributed by atoms with Gasteiger partial charge in [-0.3, -0.25) is 0 Å². The zero-order valence-corrected chi connectivity index (χ0v) is 10.1. The molecule has 15 heavy (non-hydrogen) atoms. The average molecular weight is 224 g/mol. The number of hydrogen-bond donors (Lipinski definition) is 1. The van der Waals surface area contributed by atoms with E-state index >= 15 is 0 Å². The normalized spacial score (nSPS) is 12.1. The summed E-state index contributed by atoms with van der Waals surface area (Å²) in [6, 6.07) is 2.38. The summed E-state index contributed by atoms with van der Waals surface area (Å²) in [4.78, 5) is 6.52. The molecule has 5 heteroatoms. The van der Waals surface area contributed by atoms with Gasteiger partial charge in [0.2, 0.25) is 0 Å². The lowest BCUT2D eigenvalue weighted by Crippen LogP contribution is -2.28. The smallest absolute Gasteiger partial charge is 0.185 e. The molecule has 0 aliphatic rings. The van der Waals surface area contributed by atoms with Crippen LogP contribution in [-0.4, -0.2) is 25.1 Å². The van der Waals surface area contributed by atoms with Crippen molar-refractivity contribution >= 4 is 16.5 Å². The summed E-state index contributed by atoms with van der Waals surface area (Å²) in [6.45, 7) is 2.82. The monoisotopic (exact) mass is 224 g/mol. The van der Waals surface area contributed by atoms with Crippen LogP contribution in [0.1, 0.15) is 19.0 Å². The SMILES string of the molecule is CNCc1csc(N(C)C(C)CC#N)n1. The Bertz CT molecular complexity index is 341. The van der Waals surface area contributed by atoms with Crippen LogP contribution in [0.25, 0.3) is 0 Å². The Balaban J connectivity index is 2.65. The van der Waals surface area contributed by atoms with Gasteiger partial charge in [0.25, 0.3) is 0 Å². The first-order valence-corrected chi connectivity index (χ1v) is 5.75. The molecule has 1 heterocycles. The van der Waals surface area contributed by atoms with Crippen LogP contribution in [-0.2, 0) is 6.54 Å². The second-order valence-corrected chi connectivity index (χ2v) is 4.31. The Morgan fingerprint density at radius 1 is 1.73 bits per heavy atom. The van der Waals surface area contributed by atoms with Crippen LogP contribution in [0.2, 0.25) is 0 Å². The summed E-state index contributed by atoms with van der Waals surface area (Å²) in [5.74, 6) is 0. The minimum Gasteiger partial charge on any atom is -0.347 e. The van der Waals surface area contributed by atoms with E-state index in [1.165, 1.54) is 0 Å². The van der Waals surface area contributed by atoms with Crippen molar-refractivity contribution in [3.63, 3.8) is 0 Å². The molecule has 0 aliphatic heterocycles. The van der Waals surface area contributed by atoms with Gasteiger partial charge in [0.05, 0.1) is 18.2 Å². The largest absolute Gasteiger partial charge is 0.347 e. The second kappa shape index (κ2) is 5.69. The van der Waals surface area contributed by atoms with Crippen molar-refractivity contribution in [3.05, 3.63) is 11.1 Å². The van der Waals surface area contributed by atoms with Crippen LogP contribution in [0, 0.1) is 11.3 Å². The van der Waals surface area contributed by atoms with Crippen molar-refractivity contribution < 1.29 is 0 Å². The lowest BCUT2D eigenvalue weighted by molar-refractivity contribution is 0.697. The summed E-state index contributed by atoms with van der Waals surface area (Å²) in [5.41, 5.74) is 1.05. The minimum absolute atomic E-state index is 0.212. The van der Waals surface area contributed by atoms with Crippen molar-refractivity contribution in [2.75, 3.05) is 19.0 Å². The zero-order chi connectivity index (χ0) is 11.3. The van der Waals surface area contributed by atoms with E-state index in [1.807, 2.05) is 31.3 Å². The number of aromatic nitrogens is 1. The summed E-state index contributed by atoms with van der Waals surface area (Å²) < 4.78 is 0. The summed E-state index contributed by atoms with van der Waals surface area (Å²) >= 11 is 1.62. The van der Waals surface area contributed by atoms with E-state index in [9.17, 15) is 0 Å². The van der Waals surface area contributed by atoms with Crippen LogP contribution < -0.4 is 10.2 Å². The molecule has 1 unspecified atom stereocenters. The first-order chi connectivity index (χ1) is 7.19. The molecule has 1 N–H and O–H groups in total. The molecule has 1 rings (SSSR count). The molecule has 1 aromatic rings. The molecule has 0 aromatic carbocycles. The standard InChI is InChI=1S/C10H16N4S/c1-8(4-5-11)14(3)10-13-9(6-12-2)7-15-10/h7-8,12H,4,6H2,1-3H3. The predicted molar refractivity (Wildman–Crippen MR) is 63.0 cm³/mol. The van der Waals surface area contributed by atoms with Gasteiger partial charge in [-0.2, -0.15) is 5.26 Å². The third kappa shape index (κ3) is 3.18. The molecular weight excluding hydrogens is 208 g/mol. The molecule has 0 radical (unpaired) electrons. The highest BCUT2D eigenvalue weighted by Crippen LogP contribution is 2.21. The summed E-state index contributed by atoms with van der Waals surface area (Å²) in [6.07, 6.45) is 0.525. The van der Waals surface area contributed by atoms with Gasteiger partial charge in [0.15, 0.2) is 5.13 Å². The van der Waals surface area contributed by atoms with Gasteiger partial charge in [-0.15, -0.1) is 11.3 Å². The molecule has 0 spiro atoms. The van der Waals surface area contributed by atoms with Crippen molar-refractivity contribution in [2.45, 2.75) is 25.9 Å². The predicted octanol–water partition coefficient (Wildman–Crippen LogP) is 1.60. The van der Waals surface area contributed by atoms with E-state index in [0.717, 1.165) is 17.4 Å². The number of anilines is 1. The van der Waals surface area contributed by atoms with Gasteiger partial charge in [-0.05, 0) is 14.0 Å². The maximum atomic E-state index is 8.62. The second-order valence-electron chi connectivity index (χ2n) is 3.47. The maximum absolute atomic E-state index is 8.62. The van der Waals surface area contributed by atoms with E-state index < -0.39 is 0 Å². The number of hydrogen-bond acceptors (Lipinski definition) is 5. The van der Waals surface area contributed by atoms with Gasteiger partial charge in [-0.25, -0.2) is 4.98 Å². The molecular formula is C10H16N4S. The third-order valence-electron chi connectivity index (χ3n) is 2.25. The molecule has 0 aliphatic carbocycles. The first kappa shape index (κ1) is 12.0. The Morgan fingerprint density at radius 2 is 2.47 bits per heavy atom. The number of thiazole rings is 1. The molecule has 0 saturated carbocycles. The lowest BCUT2D eigenvalue weighted by atomic mass is 10.2. The lowest BCUT2D eigenvalue weighted by Gasteiger charge is -2.21. The highest BCUT2D eigenvalue weighted by Gasteiger charge is 2.12. The molecule has 0 bridgehead atoms. The third-order valence-corrected chi connectivity index (χ3v) is 3.23. The van der Waals surface area contributed by atoms with Crippen LogP contribution in [0.15, 0.2) is 5.38 Å². The molecule has 0 saturated heterocycles. The fourth-order valence-electron chi connectivity index (χ4n) is 1.18. The fourth-order valence-corrected chi connectivity index (χ4v) is 2.07. The van der Waals surface area contributed by atoms with E-state index in [-0.39, 0.29) is 6.04 Å². The molecule has 1 aromatic heterocycles. The Hall–Kier alpha value is -1.12. The van der Waals surface area contributed by atoms with Crippen LogP contribution in [0.5, 0.6) is 0 Å². The number of nitrogens with zero attached hydrogens (tertiary/aromatic N) is 3. The zero-order valence-electron chi connectivity index (χ0n) is 9.32. The highest BCUT2D eigenvalue weighted by molar-refractivity contribution is 7.13. The molecule has 1 atom stereocenters. The van der Waals surface area contributed by atoms with Crippen molar-refractivity contribution in [2.24, 2.45) is 0 Å². The van der Waals surface area contributed by atoms with Crippen LogP contribution in [0.3, 0.4) is 0 Å². The molecule has 0 amide bonds. The van der Waals surface area contributed by atoms with Gasteiger partial charge >= 0.3 is 0 Å². The van der Waals surface area contributed by atoms with Gasteiger partial charge in [-0.1, -0.05) is 0 Å². The maximum Gasteiger partial charge on any atom is 0.185 e. The fraction of sp³-hybridized carbons (Fsp3) is 0.600. The Labute approximate surface area is 94.5 Å². The van der Waals surface area contributed by atoms with Gasteiger partial charge < -0.3 is 10.2 Å². The quantitative estimate of drug-likeness (QED) is 0.825. The van der Waals surface area contributed by atoms with Gasteiger partial charge in [0.1, 0.15) is 0 Å². The van der Waals surface area contributed by atoms with E-state index in [4.69, 9.17) is 5.26 Å². The van der Waals surface area contributed by atoms with Crippen LogP contribution >= 0.6 is 11.3 Å². The van der Waals surface area contributed by atoms with E-state index in [2.05, 4.69) is 16.4 Å². The van der Waals surface area contributed by atoms with Crippen molar-refractivity contribution in [1.29, 1.82) is 5.26 Å². The van der Waals surface area contributed by atoms with Crippen molar-refractivity contribution in [1.82, 2.24) is 10.3 Å².